The van der Waals surface area contributed by atoms with Gasteiger partial charge in [0.05, 0.1) is 19.0 Å². The molecule has 1 unspecified atom stereocenters. The molecule has 1 N–H and O–H groups in total. The Morgan fingerprint density at radius 3 is 2.88 bits per heavy atom. The number of nitrogens with zero attached hydrogens (tertiary/aromatic N) is 3. The Balaban J connectivity index is 2.42. The van der Waals surface area contributed by atoms with E-state index in [1.165, 1.54) is 0 Å². The summed E-state index contributed by atoms with van der Waals surface area (Å²) in [5.74, 6) is 0.574. The van der Waals surface area contributed by atoms with E-state index in [0.717, 1.165) is 0 Å². The molecule has 2 rings (SSSR count). The quantitative estimate of drug-likeness (QED) is 0.866. The van der Waals surface area contributed by atoms with E-state index in [9.17, 15) is 5.11 Å². The van der Waals surface area contributed by atoms with Crippen LogP contribution in [0.5, 0.6) is 5.75 Å². The van der Waals surface area contributed by atoms with Crippen molar-refractivity contribution in [2.75, 3.05) is 7.11 Å². The second kappa shape index (κ2) is 4.97. The summed E-state index contributed by atoms with van der Waals surface area (Å²) in [6.07, 6.45) is 2.43. The Morgan fingerprint density at radius 2 is 2.29 bits per heavy atom. The first kappa shape index (κ1) is 11.6. The summed E-state index contributed by atoms with van der Waals surface area (Å²) in [6, 6.07) is 5.42. The number of ether oxygens (including phenoxy) is 1. The third kappa shape index (κ3) is 2.14. The van der Waals surface area contributed by atoms with Gasteiger partial charge < -0.3 is 9.84 Å². The smallest absolute Gasteiger partial charge is 0.163 e. The highest BCUT2D eigenvalue weighted by Crippen LogP contribution is 2.28. The van der Waals surface area contributed by atoms with Crippen molar-refractivity contribution in [1.82, 2.24) is 14.8 Å². The Bertz CT molecular complexity index is 460. The maximum Gasteiger partial charge on any atom is 0.163 e. The Labute approximate surface area is 99.7 Å². The van der Waals surface area contributed by atoms with E-state index in [-0.39, 0.29) is 0 Å². The van der Waals surface area contributed by atoms with Crippen molar-refractivity contribution in [3.63, 3.8) is 0 Å². The molecular formula is C12H15N3O2. The summed E-state index contributed by atoms with van der Waals surface area (Å²) < 4.78 is 6.91. The summed E-state index contributed by atoms with van der Waals surface area (Å²) in [6.45, 7) is 2.63. The highest BCUT2D eigenvalue weighted by Gasteiger charge is 2.21. The molecule has 0 radical (unpaired) electrons. The summed E-state index contributed by atoms with van der Waals surface area (Å²) in [7, 11) is 1.56. The van der Waals surface area contributed by atoms with Gasteiger partial charge in [-0.15, -0.1) is 0 Å². The molecule has 17 heavy (non-hydrogen) atoms. The lowest BCUT2D eigenvalue weighted by atomic mass is 10.1. The lowest BCUT2D eigenvalue weighted by molar-refractivity contribution is 0.198. The number of aromatic nitrogens is 3. The summed E-state index contributed by atoms with van der Waals surface area (Å²) in [5, 5.41) is 14.5. The molecule has 0 fully saturated rings. The molecule has 0 spiro atoms. The average molecular weight is 233 g/mol. The van der Waals surface area contributed by atoms with E-state index in [1.54, 1.807) is 30.3 Å². The molecule has 5 nitrogen and oxygen atoms in total. The van der Waals surface area contributed by atoms with E-state index in [1.807, 2.05) is 19.1 Å². The minimum absolute atomic E-state index is 0.574. The molecule has 2 aromatic heterocycles. The number of hydrogen-bond donors (Lipinski definition) is 1. The predicted molar refractivity (Wildman–Crippen MR) is 62.8 cm³/mol. The van der Waals surface area contributed by atoms with Crippen molar-refractivity contribution in [3.05, 3.63) is 42.0 Å². The zero-order chi connectivity index (χ0) is 12.3. The fourth-order valence-electron chi connectivity index (χ4n) is 1.74. The van der Waals surface area contributed by atoms with Crippen LogP contribution in [-0.4, -0.2) is 27.0 Å². The highest BCUT2D eigenvalue weighted by atomic mass is 16.5. The highest BCUT2D eigenvalue weighted by molar-refractivity contribution is 5.32. The van der Waals surface area contributed by atoms with Crippen LogP contribution in [0.2, 0.25) is 0 Å². The first-order valence-corrected chi connectivity index (χ1v) is 5.46. The van der Waals surface area contributed by atoms with Crippen molar-refractivity contribution in [3.8, 4) is 5.75 Å². The van der Waals surface area contributed by atoms with Crippen LogP contribution in [0.15, 0.2) is 30.6 Å². The molecule has 1 atom stereocenters. The maximum absolute atomic E-state index is 10.3. The van der Waals surface area contributed by atoms with Gasteiger partial charge in [0.2, 0.25) is 0 Å². The normalized spacial score (nSPS) is 12.4. The largest absolute Gasteiger partial charge is 0.493 e. The van der Waals surface area contributed by atoms with Crippen molar-refractivity contribution in [2.24, 2.45) is 0 Å². The van der Waals surface area contributed by atoms with Gasteiger partial charge in [0.1, 0.15) is 11.8 Å². The van der Waals surface area contributed by atoms with Gasteiger partial charge in [0, 0.05) is 12.7 Å². The molecule has 0 saturated carbocycles. The number of rotatable bonds is 4. The number of pyridine rings is 1. The fourth-order valence-corrected chi connectivity index (χ4v) is 1.74. The molecular weight excluding hydrogens is 218 g/mol. The molecule has 90 valence electrons. The van der Waals surface area contributed by atoms with Crippen LogP contribution >= 0.6 is 0 Å². The van der Waals surface area contributed by atoms with Crippen LogP contribution in [0.1, 0.15) is 24.4 Å². The van der Waals surface area contributed by atoms with Gasteiger partial charge in [-0.3, -0.25) is 9.67 Å². The van der Waals surface area contributed by atoms with Gasteiger partial charge in [-0.2, -0.15) is 5.10 Å². The van der Waals surface area contributed by atoms with Gasteiger partial charge in [-0.1, -0.05) is 6.07 Å². The van der Waals surface area contributed by atoms with Crippen LogP contribution in [0.3, 0.4) is 0 Å². The second-order valence-corrected chi connectivity index (χ2v) is 3.57. The van der Waals surface area contributed by atoms with E-state index in [2.05, 4.69) is 10.1 Å². The molecule has 0 bridgehead atoms. The molecule has 0 aliphatic rings. The zero-order valence-corrected chi connectivity index (χ0v) is 9.87. The molecule has 2 aromatic rings. The minimum atomic E-state index is -0.825. The molecule has 0 amide bonds. The van der Waals surface area contributed by atoms with Crippen LogP contribution in [0, 0.1) is 0 Å². The summed E-state index contributed by atoms with van der Waals surface area (Å²) in [5.41, 5.74) is 1.22. The molecule has 0 aliphatic heterocycles. The van der Waals surface area contributed by atoms with E-state index in [4.69, 9.17) is 4.74 Å². The third-order valence-corrected chi connectivity index (χ3v) is 2.59. The first-order valence-electron chi connectivity index (χ1n) is 5.46. The molecule has 5 heteroatoms. The predicted octanol–water partition coefficient (Wildman–Crippen LogP) is 1.39. The molecule has 2 heterocycles. The fraction of sp³-hybridized carbons (Fsp3) is 0.333. The number of hydrogen-bond acceptors (Lipinski definition) is 4. The van der Waals surface area contributed by atoms with Crippen LogP contribution in [-0.2, 0) is 6.54 Å². The minimum Gasteiger partial charge on any atom is -0.493 e. The van der Waals surface area contributed by atoms with E-state index in [0.29, 0.717) is 23.7 Å². The second-order valence-electron chi connectivity index (χ2n) is 3.57. The number of aliphatic hydroxyl groups is 1. The average Bonchev–Trinajstić information content (AvgIpc) is 2.81. The lowest BCUT2D eigenvalue weighted by Gasteiger charge is -2.13. The van der Waals surface area contributed by atoms with Gasteiger partial charge in [0.15, 0.2) is 5.75 Å². The molecule has 0 aromatic carbocycles. The number of aliphatic hydroxyl groups excluding tert-OH is 1. The monoisotopic (exact) mass is 233 g/mol. The van der Waals surface area contributed by atoms with Gasteiger partial charge in [-0.05, 0) is 19.1 Å². The topological polar surface area (TPSA) is 60.2 Å². The summed E-state index contributed by atoms with van der Waals surface area (Å²) >= 11 is 0. The Morgan fingerprint density at radius 1 is 1.47 bits per heavy atom. The summed E-state index contributed by atoms with van der Waals surface area (Å²) in [4.78, 5) is 4.14. The zero-order valence-electron chi connectivity index (χ0n) is 9.87. The van der Waals surface area contributed by atoms with Gasteiger partial charge in [0.25, 0.3) is 0 Å². The van der Waals surface area contributed by atoms with Crippen LogP contribution < -0.4 is 4.74 Å². The van der Waals surface area contributed by atoms with E-state index < -0.39 is 6.10 Å². The van der Waals surface area contributed by atoms with Gasteiger partial charge >= 0.3 is 0 Å². The SMILES string of the molecule is CCn1ncc(OC)c1C(O)c1ccccn1. The van der Waals surface area contributed by atoms with Gasteiger partial charge in [-0.25, -0.2) is 0 Å². The van der Waals surface area contributed by atoms with E-state index >= 15 is 0 Å². The third-order valence-electron chi connectivity index (χ3n) is 2.59. The van der Waals surface area contributed by atoms with Crippen molar-refractivity contribution < 1.29 is 9.84 Å². The van der Waals surface area contributed by atoms with Crippen LogP contribution in [0.4, 0.5) is 0 Å². The molecule has 0 saturated heterocycles. The van der Waals surface area contributed by atoms with Crippen molar-refractivity contribution >= 4 is 0 Å². The lowest BCUT2D eigenvalue weighted by Crippen LogP contribution is -2.11. The standard InChI is InChI=1S/C12H15N3O2/c1-3-15-11(10(17-2)8-14-15)12(16)9-6-4-5-7-13-9/h4-8,12,16H,3H2,1-2H3. The van der Waals surface area contributed by atoms with Crippen molar-refractivity contribution in [1.29, 1.82) is 0 Å². The molecule has 0 aliphatic carbocycles. The maximum atomic E-state index is 10.3. The Hall–Kier alpha value is -1.88. The Kier molecular flexibility index (Phi) is 3.39. The van der Waals surface area contributed by atoms with Crippen molar-refractivity contribution in [2.45, 2.75) is 19.6 Å². The number of methoxy groups -OCH3 is 1. The number of aryl methyl sites for hydroxylation is 1. The van der Waals surface area contributed by atoms with Crippen LogP contribution in [0.25, 0.3) is 0 Å². The first-order chi connectivity index (χ1) is 8.27.